The van der Waals surface area contributed by atoms with Crippen LogP contribution in [0.3, 0.4) is 0 Å². The number of methoxy groups -OCH3 is 1. The number of rotatable bonds is 8. The van der Waals surface area contributed by atoms with E-state index < -0.39 is 18.0 Å². The Balaban J connectivity index is 1.69. The molecule has 0 radical (unpaired) electrons. The summed E-state index contributed by atoms with van der Waals surface area (Å²) in [7, 11) is 1.39. The second kappa shape index (κ2) is 9.32. The highest BCUT2D eigenvalue weighted by Crippen LogP contribution is 2.41. The number of ketones is 1. The predicted octanol–water partition coefficient (Wildman–Crippen LogP) is 3.00. The zero-order valence-corrected chi connectivity index (χ0v) is 16.6. The third-order valence-electron chi connectivity index (χ3n) is 5.95. The van der Waals surface area contributed by atoms with Gasteiger partial charge in [-0.25, -0.2) is 4.79 Å². The molecule has 1 aromatic rings. The molecule has 0 N–H and O–H groups in total. The van der Waals surface area contributed by atoms with Crippen molar-refractivity contribution in [2.45, 2.75) is 63.6 Å². The fraction of sp³-hybridized carbons (Fsp3) is 0.591. The van der Waals surface area contributed by atoms with Crippen LogP contribution in [0.5, 0.6) is 0 Å². The quantitative estimate of drug-likeness (QED) is 0.504. The van der Waals surface area contributed by atoms with E-state index in [0.29, 0.717) is 24.4 Å². The number of ether oxygens (including phenoxy) is 2. The number of carbonyl (C=O) groups is 3. The molecule has 2 bridgehead atoms. The van der Waals surface area contributed by atoms with Gasteiger partial charge in [-0.3, -0.25) is 9.69 Å². The number of piperidine rings is 1. The standard InChI is InChI=1S/C22H29NO5/c1-15(24)8-6-7-13-23-17-11-12-18(23)20(22(26)27-2)19(14-17)28-21(25)16-9-4-3-5-10-16/h3-5,9-10,17-20H,6-8,11-14H2,1-2H3/t17?,18?,19-,20+/m0/s1. The van der Waals surface area contributed by atoms with Crippen molar-refractivity contribution < 1.29 is 23.9 Å². The first-order valence-corrected chi connectivity index (χ1v) is 10.1. The average Bonchev–Trinajstić information content (AvgIpc) is 2.97. The van der Waals surface area contributed by atoms with Crippen LogP contribution < -0.4 is 0 Å². The van der Waals surface area contributed by atoms with Gasteiger partial charge in [0.05, 0.1) is 12.7 Å². The topological polar surface area (TPSA) is 72.9 Å². The highest BCUT2D eigenvalue weighted by atomic mass is 16.6. The van der Waals surface area contributed by atoms with E-state index in [1.54, 1.807) is 31.2 Å². The summed E-state index contributed by atoms with van der Waals surface area (Å²) < 4.78 is 10.8. The summed E-state index contributed by atoms with van der Waals surface area (Å²) in [6.45, 7) is 2.47. The molecule has 0 saturated carbocycles. The lowest BCUT2D eigenvalue weighted by atomic mass is 9.87. The van der Waals surface area contributed by atoms with Crippen molar-refractivity contribution in [3.63, 3.8) is 0 Å². The number of carbonyl (C=O) groups excluding carboxylic acids is 3. The molecule has 0 aromatic heterocycles. The van der Waals surface area contributed by atoms with Crippen LogP contribution in [-0.4, -0.2) is 54.5 Å². The van der Waals surface area contributed by atoms with E-state index in [1.807, 2.05) is 6.07 Å². The minimum atomic E-state index is -0.468. The Kier molecular flexibility index (Phi) is 6.83. The van der Waals surface area contributed by atoms with E-state index in [2.05, 4.69) is 4.90 Å². The number of hydrogen-bond acceptors (Lipinski definition) is 6. The van der Waals surface area contributed by atoms with Gasteiger partial charge in [0.1, 0.15) is 17.8 Å². The van der Waals surface area contributed by atoms with Gasteiger partial charge in [0.15, 0.2) is 0 Å². The molecule has 2 aliphatic heterocycles. The molecule has 0 aliphatic carbocycles. The molecule has 3 rings (SSSR count). The SMILES string of the molecule is COC(=O)[C@@H]1C2CCC(C[C@@H]1OC(=O)c1ccccc1)N2CCCCC(C)=O. The van der Waals surface area contributed by atoms with E-state index in [9.17, 15) is 14.4 Å². The van der Waals surface area contributed by atoms with Crippen molar-refractivity contribution in [3.05, 3.63) is 35.9 Å². The van der Waals surface area contributed by atoms with Gasteiger partial charge in [-0.2, -0.15) is 0 Å². The van der Waals surface area contributed by atoms with Crippen LogP contribution in [0.25, 0.3) is 0 Å². The van der Waals surface area contributed by atoms with Crippen LogP contribution in [0, 0.1) is 5.92 Å². The summed E-state index contributed by atoms with van der Waals surface area (Å²) in [5.41, 5.74) is 0.491. The lowest BCUT2D eigenvalue weighted by Gasteiger charge is -2.42. The van der Waals surface area contributed by atoms with E-state index in [4.69, 9.17) is 9.47 Å². The second-order valence-corrected chi connectivity index (χ2v) is 7.79. The predicted molar refractivity (Wildman–Crippen MR) is 104 cm³/mol. The number of esters is 2. The van der Waals surface area contributed by atoms with Gasteiger partial charge in [0.2, 0.25) is 0 Å². The molecule has 6 nitrogen and oxygen atoms in total. The Hall–Kier alpha value is -2.21. The van der Waals surface area contributed by atoms with Gasteiger partial charge in [0, 0.05) is 24.9 Å². The minimum Gasteiger partial charge on any atom is -0.469 e. The number of nitrogens with zero attached hydrogens (tertiary/aromatic N) is 1. The van der Waals surface area contributed by atoms with Gasteiger partial charge in [-0.1, -0.05) is 18.2 Å². The number of unbranched alkanes of at least 4 members (excludes halogenated alkanes) is 1. The smallest absolute Gasteiger partial charge is 0.338 e. The van der Waals surface area contributed by atoms with Crippen LogP contribution in [0.1, 0.15) is 55.8 Å². The van der Waals surface area contributed by atoms with Gasteiger partial charge in [0.25, 0.3) is 0 Å². The van der Waals surface area contributed by atoms with Crippen LogP contribution in [0.2, 0.25) is 0 Å². The van der Waals surface area contributed by atoms with Crippen LogP contribution in [0.4, 0.5) is 0 Å². The fourth-order valence-electron chi connectivity index (χ4n) is 4.63. The zero-order chi connectivity index (χ0) is 20.1. The summed E-state index contributed by atoms with van der Waals surface area (Å²) >= 11 is 0. The van der Waals surface area contributed by atoms with Crippen molar-refractivity contribution in [2.24, 2.45) is 5.92 Å². The lowest BCUT2D eigenvalue weighted by Crippen LogP contribution is -2.55. The first kappa shape index (κ1) is 20.5. The van der Waals surface area contributed by atoms with Crippen molar-refractivity contribution in [2.75, 3.05) is 13.7 Å². The molecule has 0 amide bonds. The van der Waals surface area contributed by atoms with E-state index in [-0.39, 0.29) is 17.8 Å². The van der Waals surface area contributed by atoms with Crippen LogP contribution >= 0.6 is 0 Å². The second-order valence-electron chi connectivity index (χ2n) is 7.79. The number of hydrogen-bond donors (Lipinski definition) is 0. The molecule has 2 unspecified atom stereocenters. The minimum absolute atomic E-state index is 0.0251. The average molecular weight is 387 g/mol. The summed E-state index contributed by atoms with van der Waals surface area (Å²) in [4.78, 5) is 38.6. The molecule has 2 aliphatic rings. The summed E-state index contributed by atoms with van der Waals surface area (Å²) in [6, 6.07) is 9.19. The normalized spacial score (nSPS) is 26.6. The molecule has 6 heteroatoms. The maximum absolute atomic E-state index is 12.6. The van der Waals surface area contributed by atoms with Crippen molar-refractivity contribution in [1.82, 2.24) is 4.90 Å². The Morgan fingerprint density at radius 3 is 2.54 bits per heavy atom. The van der Waals surface area contributed by atoms with Gasteiger partial charge < -0.3 is 14.3 Å². The van der Waals surface area contributed by atoms with Crippen LogP contribution in [0.15, 0.2) is 30.3 Å². The molecule has 2 heterocycles. The van der Waals surface area contributed by atoms with Gasteiger partial charge >= 0.3 is 11.9 Å². The number of fused-ring (bicyclic) bond motifs is 2. The summed E-state index contributed by atoms with van der Waals surface area (Å²) in [5, 5.41) is 0. The van der Waals surface area contributed by atoms with Crippen molar-refractivity contribution >= 4 is 17.7 Å². The van der Waals surface area contributed by atoms with Crippen LogP contribution in [-0.2, 0) is 19.1 Å². The molecule has 28 heavy (non-hydrogen) atoms. The molecular formula is C22H29NO5. The monoisotopic (exact) mass is 387 g/mol. The zero-order valence-electron chi connectivity index (χ0n) is 16.6. The molecule has 2 fully saturated rings. The third kappa shape index (κ3) is 4.61. The maximum atomic E-state index is 12.6. The first-order valence-electron chi connectivity index (χ1n) is 10.1. The van der Waals surface area contributed by atoms with Crippen molar-refractivity contribution in [1.29, 1.82) is 0 Å². The van der Waals surface area contributed by atoms with Crippen molar-refractivity contribution in [3.8, 4) is 0 Å². The summed E-state index contributed by atoms with van der Waals surface area (Å²) in [5.74, 6) is -0.968. The van der Waals surface area contributed by atoms with Gasteiger partial charge in [-0.15, -0.1) is 0 Å². The number of benzene rings is 1. The highest BCUT2D eigenvalue weighted by molar-refractivity contribution is 5.89. The molecule has 152 valence electrons. The molecule has 0 spiro atoms. The van der Waals surface area contributed by atoms with Gasteiger partial charge in [-0.05, 0) is 51.3 Å². The molecule has 2 saturated heterocycles. The largest absolute Gasteiger partial charge is 0.469 e. The number of Topliss-reactive ketones (excluding diaryl/α,β-unsaturated/α-hetero) is 1. The summed E-state index contributed by atoms with van der Waals surface area (Å²) in [6.07, 6.45) is 4.45. The van der Waals surface area contributed by atoms with E-state index in [1.165, 1.54) is 7.11 Å². The molecule has 1 aromatic carbocycles. The Morgan fingerprint density at radius 2 is 1.86 bits per heavy atom. The Morgan fingerprint density at radius 1 is 1.11 bits per heavy atom. The highest BCUT2D eigenvalue weighted by Gasteiger charge is 2.52. The van der Waals surface area contributed by atoms with E-state index in [0.717, 1.165) is 32.2 Å². The Labute approximate surface area is 166 Å². The Bertz CT molecular complexity index is 704. The fourth-order valence-corrected chi connectivity index (χ4v) is 4.63. The molecule has 4 atom stereocenters. The lowest BCUT2D eigenvalue weighted by molar-refractivity contribution is -0.156. The first-order chi connectivity index (χ1) is 13.5. The molecular weight excluding hydrogens is 358 g/mol. The third-order valence-corrected chi connectivity index (χ3v) is 5.95. The van der Waals surface area contributed by atoms with E-state index >= 15 is 0 Å². The maximum Gasteiger partial charge on any atom is 0.338 e.